The molecule has 0 bridgehead atoms. The molecule has 0 aromatic heterocycles. The highest BCUT2D eigenvalue weighted by atomic mass is 16.6. The predicted octanol–water partition coefficient (Wildman–Crippen LogP) is 1.26. The van der Waals surface area contributed by atoms with Gasteiger partial charge in [0.25, 0.3) is 0 Å². The van der Waals surface area contributed by atoms with Gasteiger partial charge in [0, 0.05) is 18.3 Å². The minimum Gasteiger partial charge on any atom is -0.389 e. The molecular weight excluding hydrogens is 182 g/mol. The summed E-state index contributed by atoms with van der Waals surface area (Å²) in [6, 6.07) is 9.14. The third-order valence-electron chi connectivity index (χ3n) is 2.21. The number of aliphatic hydroxyl groups is 1. The summed E-state index contributed by atoms with van der Waals surface area (Å²) >= 11 is 0. The molecular formula is C10H13NO3. The fourth-order valence-corrected chi connectivity index (χ4v) is 1.21. The Labute approximate surface area is 82.3 Å². The summed E-state index contributed by atoms with van der Waals surface area (Å²) in [5, 5.41) is 19.7. The lowest BCUT2D eigenvalue weighted by molar-refractivity contribution is -0.568. The van der Waals surface area contributed by atoms with Crippen molar-refractivity contribution >= 4 is 0 Å². The van der Waals surface area contributed by atoms with E-state index in [0.717, 1.165) is 5.56 Å². The van der Waals surface area contributed by atoms with Gasteiger partial charge >= 0.3 is 0 Å². The molecule has 1 rings (SSSR count). The molecule has 0 radical (unpaired) electrons. The van der Waals surface area contributed by atoms with E-state index in [1.54, 1.807) is 0 Å². The van der Waals surface area contributed by atoms with E-state index in [-0.39, 0.29) is 6.42 Å². The summed E-state index contributed by atoms with van der Waals surface area (Å²) in [5.41, 5.74) is -0.415. The van der Waals surface area contributed by atoms with Crippen LogP contribution in [0.15, 0.2) is 30.3 Å². The smallest absolute Gasteiger partial charge is 0.246 e. The SMILES string of the molecule is CC(CO)(Cc1ccccc1)[N+](=O)[O-]. The molecule has 0 aliphatic rings. The third kappa shape index (κ3) is 2.29. The lowest BCUT2D eigenvalue weighted by Gasteiger charge is -2.17. The van der Waals surface area contributed by atoms with Gasteiger partial charge in [-0.15, -0.1) is 0 Å². The zero-order valence-corrected chi connectivity index (χ0v) is 8.01. The fourth-order valence-electron chi connectivity index (χ4n) is 1.21. The summed E-state index contributed by atoms with van der Waals surface area (Å²) < 4.78 is 0. The Balaban J connectivity index is 2.81. The molecule has 0 fully saturated rings. The number of hydrogen-bond donors (Lipinski definition) is 1. The lowest BCUT2D eigenvalue weighted by Crippen LogP contribution is -2.41. The molecule has 0 aliphatic heterocycles. The summed E-state index contributed by atoms with van der Waals surface area (Å²) in [6.07, 6.45) is 0.247. The van der Waals surface area contributed by atoms with Crippen LogP contribution >= 0.6 is 0 Å². The zero-order valence-electron chi connectivity index (χ0n) is 8.01. The normalized spacial score (nSPS) is 14.7. The van der Waals surface area contributed by atoms with Crippen molar-refractivity contribution in [3.63, 3.8) is 0 Å². The molecule has 0 spiro atoms. The van der Waals surface area contributed by atoms with Crippen LogP contribution in [-0.2, 0) is 6.42 Å². The molecule has 0 heterocycles. The van der Waals surface area contributed by atoms with Crippen LogP contribution in [0.25, 0.3) is 0 Å². The highest BCUT2D eigenvalue weighted by Crippen LogP contribution is 2.15. The maximum Gasteiger partial charge on any atom is 0.246 e. The van der Waals surface area contributed by atoms with Gasteiger partial charge in [-0.25, -0.2) is 0 Å². The van der Waals surface area contributed by atoms with Gasteiger partial charge in [0.05, 0.1) is 0 Å². The van der Waals surface area contributed by atoms with E-state index in [0.29, 0.717) is 0 Å². The van der Waals surface area contributed by atoms with E-state index >= 15 is 0 Å². The van der Waals surface area contributed by atoms with E-state index in [1.165, 1.54) is 6.92 Å². The predicted molar refractivity (Wildman–Crippen MR) is 52.6 cm³/mol. The second-order valence-corrected chi connectivity index (χ2v) is 3.57. The Morgan fingerprint density at radius 1 is 1.43 bits per heavy atom. The van der Waals surface area contributed by atoms with Crippen LogP contribution in [0.5, 0.6) is 0 Å². The van der Waals surface area contributed by atoms with Crippen molar-refractivity contribution in [2.45, 2.75) is 18.9 Å². The van der Waals surface area contributed by atoms with E-state index in [9.17, 15) is 10.1 Å². The number of benzene rings is 1. The van der Waals surface area contributed by atoms with Crippen molar-refractivity contribution in [3.05, 3.63) is 46.0 Å². The quantitative estimate of drug-likeness (QED) is 0.581. The zero-order chi connectivity index (χ0) is 10.6. The molecule has 1 aromatic rings. The van der Waals surface area contributed by atoms with Crippen molar-refractivity contribution in [1.29, 1.82) is 0 Å². The monoisotopic (exact) mass is 195 g/mol. The average molecular weight is 195 g/mol. The van der Waals surface area contributed by atoms with Crippen molar-refractivity contribution in [2.24, 2.45) is 0 Å². The van der Waals surface area contributed by atoms with Gasteiger partial charge in [0.2, 0.25) is 5.54 Å². The Hall–Kier alpha value is -1.42. The summed E-state index contributed by atoms with van der Waals surface area (Å²) in [5.74, 6) is 0. The van der Waals surface area contributed by atoms with Crippen molar-refractivity contribution in [2.75, 3.05) is 6.61 Å². The third-order valence-corrected chi connectivity index (χ3v) is 2.21. The van der Waals surface area contributed by atoms with E-state index in [4.69, 9.17) is 5.11 Å². The first-order valence-electron chi connectivity index (χ1n) is 4.38. The number of hydrogen-bond acceptors (Lipinski definition) is 3. The van der Waals surface area contributed by atoms with Crippen molar-refractivity contribution < 1.29 is 10.0 Å². The first-order chi connectivity index (χ1) is 6.58. The van der Waals surface area contributed by atoms with Gasteiger partial charge in [0.15, 0.2) is 0 Å². The molecule has 4 nitrogen and oxygen atoms in total. The van der Waals surface area contributed by atoms with Crippen LogP contribution in [0.2, 0.25) is 0 Å². The van der Waals surface area contributed by atoms with Gasteiger partial charge in [-0.3, -0.25) is 10.1 Å². The van der Waals surface area contributed by atoms with Crippen LogP contribution in [0, 0.1) is 10.1 Å². The maximum atomic E-state index is 10.7. The van der Waals surface area contributed by atoms with Crippen LogP contribution in [0.3, 0.4) is 0 Å². The van der Waals surface area contributed by atoms with Gasteiger partial charge in [-0.1, -0.05) is 30.3 Å². The van der Waals surface area contributed by atoms with Gasteiger partial charge in [-0.2, -0.15) is 0 Å². The Morgan fingerprint density at radius 2 is 2.00 bits per heavy atom. The van der Waals surface area contributed by atoms with Crippen molar-refractivity contribution in [3.8, 4) is 0 Å². The van der Waals surface area contributed by atoms with Crippen LogP contribution in [-0.4, -0.2) is 22.2 Å². The largest absolute Gasteiger partial charge is 0.389 e. The van der Waals surface area contributed by atoms with Gasteiger partial charge in [-0.05, 0) is 5.56 Å². The Kier molecular flexibility index (Phi) is 3.19. The highest BCUT2D eigenvalue weighted by molar-refractivity contribution is 5.16. The standard InChI is InChI=1S/C10H13NO3/c1-10(8-12,11(13)14)7-9-5-3-2-4-6-9/h2-6,12H,7-8H2,1H3. The molecule has 4 heteroatoms. The lowest BCUT2D eigenvalue weighted by atomic mass is 9.95. The van der Waals surface area contributed by atoms with Crippen LogP contribution in [0.1, 0.15) is 12.5 Å². The van der Waals surface area contributed by atoms with Crippen LogP contribution < -0.4 is 0 Å². The molecule has 0 aliphatic carbocycles. The van der Waals surface area contributed by atoms with E-state index in [2.05, 4.69) is 0 Å². The van der Waals surface area contributed by atoms with Crippen LogP contribution in [0.4, 0.5) is 0 Å². The molecule has 1 atom stereocenters. The minimum absolute atomic E-state index is 0.247. The molecule has 1 aromatic carbocycles. The minimum atomic E-state index is -1.28. The fraction of sp³-hybridized carbons (Fsp3) is 0.400. The molecule has 1 N–H and O–H groups in total. The maximum absolute atomic E-state index is 10.7. The molecule has 76 valence electrons. The second-order valence-electron chi connectivity index (χ2n) is 3.57. The van der Waals surface area contributed by atoms with Gasteiger partial charge < -0.3 is 5.11 Å². The summed E-state index contributed by atoms with van der Waals surface area (Å²) in [4.78, 5) is 10.3. The second kappa shape index (κ2) is 4.19. The average Bonchev–Trinajstić information content (AvgIpc) is 2.19. The number of nitrogens with zero attached hydrogens (tertiary/aromatic N) is 1. The number of nitro groups is 1. The first kappa shape index (κ1) is 10.7. The van der Waals surface area contributed by atoms with E-state index in [1.807, 2.05) is 30.3 Å². The van der Waals surface area contributed by atoms with Crippen molar-refractivity contribution in [1.82, 2.24) is 0 Å². The summed E-state index contributed by atoms with van der Waals surface area (Å²) in [7, 11) is 0. The number of rotatable bonds is 4. The van der Waals surface area contributed by atoms with Gasteiger partial charge in [0.1, 0.15) is 6.61 Å². The topological polar surface area (TPSA) is 63.4 Å². The molecule has 1 unspecified atom stereocenters. The molecule has 0 saturated carbocycles. The Bertz CT molecular complexity index is 312. The highest BCUT2D eigenvalue weighted by Gasteiger charge is 2.36. The Morgan fingerprint density at radius 3 is 2.43 bits per heavy atom. The molecule has 0 amide bonds. The molecule has 0 saturated heterocycles. The number of aliphatic hydroxyl groups excluding tert-OH is 1. The summed E-state index contributed by atoms with van der Waals surface area (Å²) in [6.45, 7) is 0.995. The molecule has 14 heavy (non-hydrogen) atoms. The first-order valence-corrected chi connectivity index (χ1v) is 4.38. The van der Waals surface area contributed by atoms with E-state index < -0.39 is 17.1 Å².